The van der Waals surface area contributed by atoms with Gasteiger partial charge in [-0.1, -0.05) is 60.7 Å². The second-order valence-corrected chi connectivity index (χ2v) is 9.87. The lowest BCUT2D eigenvalue weighted by molar-refractivity contribution is 0.0997. The topological polar surface area (TPSA) is 193 Å². The highest BCUT2D eigenvalue weighted by Crippen LogP contribution is 2.42. The molecule has 43 heavy (non-hydrogen) atoms. The Labute approximate surface area is 246 Å². The Morgan fingerprint density at radius 2 is 0.930 bits per heavy atom. The molecule has 5 rings (SSSR count). The lowest BCUT2D eigenvalue weighted by atomic mass is 9.85. The third-order valence-electron chi connectivity index (χ3n) is 6.94. The lowest BCUT2D eigenvalue weighted by Crippen LogP contribution is -2.19. The molecule has 0 saturated heterocycles. The number of nitrogen functional groups attached to an aromatic ring is 2. The minimum absolute atomic E-state index is 0.0118. The molecule has 0 aliphatic heterocycles. The van der Waals surface area contributed by atoms with Crippen LogP contribution in [0, 0.1) is 0 Å². The normalized spacial score (nSPS) is 10.7. The quantitative estimate of drug-likeness (QED) is 0.133. The van der Waals surface area contributed by atoms with Crippen LogP contribution in [0.15, 0.2) is 103 Å². The maximum Gasteiger partial charge on any atom is 0.250 e. The number of phenolic OH excluding ortho intramolecular Hbond substituents is 1. The molecule has 0 radical (unpaired) electrons. The number of rotatable bonds is 8. The van der Waals surface area contributed by atoms with Gasteiger partial charge >= 0.3 is 0 Å². The monoisotopic (exact) mass is 570 g/mol. The Bertz CT molecular complexity index is 1970. The first-order chi connectivity index (χ1) is 20.5. The van der Waals surface area contributed by atoms with Crippen LogP contribution in [0.3, 0.4) is 0 Å². The van der Waals surface area contributed by atoms with Crippen LogP contribution in [0.5, 0.6) is 5.75 Å². The van der Waals surface area contributed by atoms with Gasteiger partial charge in [-0.25, -0.2) is 0 Å². The van der Waals surface area contributed by atoms with Crippen molar-refractivity contribution >= 4 is 34.8 Å². The molecule has 212 valence electrons. The fraction of sp³-hybridized carbons (Fsp3) is 0. The van der Waals surface area contributed by atoms with E-state index in [4.69, 9.17) is 22.9 Å². The van der Waals surface area contributed by atoms with Gasteiger partial charge in [0.15, 0.2) is 11.6 Å². The summed E-state index contributed by atoms with van der Waals surface area (Å²) in [6, 6.07) is 26.6. The zero-order chi connectivity index (χ0) is 30.8. The lowest BCUT2D eigenvalue weighted by Gasteiger charge is -2.19. The molecule has 0 aliphatic rings. The number of benzene rings is 5. The van der Waals surface area contributed by atoms with Gasteiger partial charge in [0.1, 0.15) is 5.75 Å². The average Bonchev–Trinajstić information content (AvgIpc) is 2.99. The first-order valence-corrected chi connectivity index (χ1v) is 13.1. The number of amides is 2. The van der Waals surface area contributed by atoms with Crippen molar-refractivity contribution in [1.29, 1.82) is 0 Å². The molecular weight excluding hydrogens is 544 g/mol. The fourth-order valence-corrected chi connectivity index (χ4v) is 5.03. The molecule has 0 aromatic heterocycles. The first-order valence-electron chi connectivity index (χ1n) is 13.1. The van der Waals surface area contributed by atoms with Crippen molar-refractivity contribution in [2.24, 2.45) is 11.5 Å². The number of nitrogens with two attached hydrogens (primary N) is 4. The summed E-state index contributed by atoms with van der Waals surface area (Å²) in [6.07, 6.45) is 0. The summed E-state index contributed by atoms with van der Waals surface area (Å²) in [7, 11) is 0. The van der Waals surface area contributed by atoms with E-state index in [9.17, 15) is 24.3 Å². The van der Waals surface area contributed by atoms with E-state index in [1.54, 1.807) is 78.9 Å². The summed E-state index contributed by atoms with van der Waals surface area (Å²) in [5.41, 5.74) is 25.5. The molecule has 0 saturated carbocycles. The van der Waals surface area contributed by atoms with E-state index >= 15 is 0 Å². The molecule has 0 bridgehead atoms. The number of hydrogen-bond acceptors (Lipinski definition) is 7. The van der Waals surface area contributed by atoms with Crippen LogP contribution < -0.4 is 22.9 Å². The molecule has 5 aromatic rings. The van der Waals surface area contributed by atoms with Crippen molar-refractivity contribution in [2.45, 2.75) is 0 Å². The number of carbonyl (C=O) groups is 4. The molecular formula is C34H26N4O5. The smallest absolute Gasteiger partial charge is 0.250 e. The van der Waals surface area contributed by atoms with Gasteiger partial charge in [0.2, 0.25) is 11.8 Å². The van der Waals surface area contributed by atoms with Crippen molar-refractivity contribution in [1.82, 2.24) is 0 Å². The molecule has 5 aromatic carbocycles. The predicted molar refractivity (Wildman–Crippen MR) is 165 cm³/mol. The van der Waals surface area contributed by atoms with Crippen molar-refractivity contribution in [3.8, 4) is 28.0 Å². The molecule has 0 aliphatic carbocycles. The SMILES string of the molecule is NC(=O)c1cc(O)c(-c2cccc(C(=O)c3cccc(N)c3)c2)c(C(N)=O)c1-c1cccc(C(=O)c2cccc(N)c2)c1. The van der Waals surface area contributed by atoms with Crippen LogP contribution in [0.25, 0.3) is 22.3 Å². The van der Waals surface area contributed by atoms with Gasteiger partial charge in [-0.05, 0) is 53.6 Å². The first kappa shape index (κ1) is 28.3. The predicted octanol–water partition coefficient (Wildman–Crippen LogP) is 4.55. The van der Waals surface area contributed by atoms with Gasteiger partial charge in [0.25, 0.3) is 0 Å². The van der Waals surface area contributed by atoms with Crippen molar-refractivity contribution < 1.29 is 24.3 Å². The largest absolute Gasteiger partial charge is 0.507 e. The number of phenols is 1. The molecule has 9 N–H and O–H groups in total. The van der Waals surface area contributed by atoms with Crippen molar-refractivity contribution in [2.75, 3.05) is 11.5 Å². The zero-order valence-corrected chi connectivity index (χ0v) is 22.7. The highest BCUT2D eigenvalue weighted by atomic mass is 16.3. The van der Waals surface area contributed by atoms with E-state index < -0.39 is 17.6 Å². The number of anilines is 2. The molecule has 2 amide bonds. The van der Waals surface area contributed by atoms with Gasteiger partial charge in [-0.2, -0.15) is 0 Å². The summed E-state index contributed by atoms with van der Waals surface area (Å²) < 4.78 is 0. The fourth-order valence-electron chi connectivity index (χ4n) is 5.03. The summed E-state index contributed by atoms with van der Waals surface area (Å²) in [5, 5.41) is 11.1. The minimum atomic E-state index is -0.969. The van der Waals surface area contributed by atoms with Crippen LogP contribution in [0.2, 0.25) is 0 Å². The molecule has 0 heterocycles. The maximum atomic E-state index is 13.3. The van der Waals surface area contributed by atoms with Crippen molar-refractivity contribution in [3.05, 3.63) is 137 Å². The Morgan fingerprint density at radius 1 is 0.512 bits per heavy atom. The Kier molecular flexibility index (Phi) is 7.47. The van der Waals surface area contributed by atoms with Crippen LogP contribution in [0.4, 0.5) is 11.4 Å². The second kappa shape index (κ2) is 11.3. The second-order valence-electron chi connectivity index (χ2n) is 9.87. The number of carbonyl (C=O) groups excluding carboxylic acids is 4. The van der Waals surface area contributed by atoms with Crippen LogP contribution >= 0.6 is 0 Å². The zero-order valence-electron chi connectivity index (χ0n) is 22.7. The van der Waals surface area contributed by atoms with Gasteiger partial charge in [0.05, 0.1) is 11.1 Å². The molecule has 0 unspecified atom stereocenters. The van der Waals surface area contributed by atoms with Crippen LogP contribution in [0.1, 0.15) is 52.6 Å². The van der Waals surface area contributed by atoms with Gasteiger partial charge in [-0.15, -0.1) is 0 Å². The molecule has 9 nitrogen and oxygen atoms in total. The minimum Gasteiger partial charge on any atom is -0.507 e. The average molecular weight is 571 g/mol. The van der Waals surface area contributed by atoms with Gasteiger partial charge in [0, 0.05) is 44.8 Å². The third-order valence-corrected chi connectivity index (χ3v) is 6.94. The standard InChI is InChI=1S/C34H26N4O5/c35-24-11-3-9-22(15-24)31(40)20-7-1-5-18(13-20)28-26(33(37)42)17-27(39)29(30(28)34(38)43)19-6-2-8-21(14-19)32(41)23-10-4-12-25(36)16-23/h1-17,39H,35-36H2,(H2,37,42)(H2,38,43). The van der Waals surface area contributed by atoms with E-state index in [0.717, 1.165) is 6.07 Å². The summed E-state index contributed by atoms with van der Waals surface area (Å²) in [6.45, 7) is 0. The van der Waals surface area contributed by atoms with E-state index in [2.05, 4.69) is 0 Å². The Balaban J connectivity index is 1.71. The molecule has 0 atom stereocenters. The van der Waals surface area contributed by atoms with Crippen LogP contribution in [-0.2, 0) is 0 Å². The van der Waals surface area contributed by atoms with Crippen molar-refractivity contribution in [3.63, 3.8) is 0 Å². The molecule has 9 heteroatoms. The number of hydrogen-bond donors (Lipinski definition) is 5. The maximum absolute atomic E-state index is 13.3. The highest BCUT2D eigenvalue weighted by molar-refractivity contribution is 6.15. The van der Waals surface area contributed by atoms with Gasteiger partial charge < -0.3 is 28.0 Å². The third kappa shape index (κ3) is 5.55. The summed E-state index contributed by atoms with van der Waals surface area (Å²) >= 11 is 0. The van der Waals surface area contributed by atoms with Gasteiger partial charge in [-0.3, -0.25) is 19.2 Å². The molecule has 0 spiro atoms. The number of ketones is 2. The van der Waals surface area contributed by atoms with Crippen LogP contribution in [-0.4, -0.2) is 28.5 Å². The van der Waals surface area contributed by atoms with E-state index in [0.29, 0.717) is 22.5 Å². The molecule has 0 fully saturated rings. The highest BCUT2D eigenvalue weighted by Gasteiger charge is 2.27. The Morgan fingerprint density at radius 3 is 1.35 bits per heavy atom. The van der Waals surface area contributed by atoms with E-state index in [-0.39, 0.29) is 56.1 Å². The van der Waals surface area contributed by atoms with E-state index in [1.807, 2.05) is 0 Å². The van der Waals surface area contributed by atoms with E-state index in [1.165, 1.54) is 18.2 Å². The number of aromatic hydroxyl groups is 1. The number of primary amides is 2. The summed E-state index contributed by atoms with van der Waals surface area (Å²) in [4.78, 5) is 52.2. The Hall–Kier alpha value is -6.22. The summed E-state index contributed by atoms with van der Waals surface area (Å²) in [5.74, 6) is -3.04.